The van der Waals surface area contributed by atoms with Crippen LogP contribution in [-0.2, 0) is 24.2 Å². The molecule has 0 saturated carbocycles. The molecule has 0 radical (unpaired) electrons. The topological polar surface area (TPSA) is 77.6 Å². The Labute approximate surface area is 150 Å². The van der Waals surface area contributed by atoms with E-state index in [9.17, 15) is 9.59 Å². The number of nitrogens with zero attached hydrogens (tertiary/aromatic N) is 3. The average Bonchev–Trinajstić information content (AvgIpc) is 3.04. The van der Waals surface area contributed by atoms with E-state index in [0.717, 1.165) is 42.7 Å². The first kappa shape index (κ1) is 16.4. The number of ether oxygens (including phenoxy) is 1. The van der Waals surface area contributed by atoms with Crippen molar-refractivity contribution in [2.75, 3.05) is 12.4 Å². The minimum Gasteiger partial charge on any atom is -0.497 e. The molecular formula is C19H20N4O3. The number of rotatable bonds is 4. The third kappa shape index (κ3) is 2.96. The molecule has 1 aromatic carbocycles. The van der Waals surface area contributed by atoms with Crippen LogP contribution in [0.25, 0.3) is 5.52 Å². The van der Waals surface area contributed by atoms with E-state index in [4.69, 9.17) is 4.74 Å². The molecule has 3 aromatic rings. The Bertz CT molecular complexity index is 1020. The molecule has 0 unspecified atom stereocenters. The molecule has 0 atom stereocenters. The number of nitrogens with one attached hydrogen (secondary N) is 1. The van der Waals surface area contributed by atoms with Gasteiger partial charge in [0.15, 0.2) is 0 Å². The maximum Gasteiger partial charge on any atom is 0.277 e. The van der Waals surface area contributed by atoms with Crippen LogP contribution < -0.4 is 15.6 Å². The summed E-state index contributed by atoms with van der Waals surface area (Å²) in [7, 11) is 1.59. The number of fused-ring (bicyclic) bond motifs is 3. The van der Waals surface area contributed by atoms with Gasteiger partial charge in [-0.15, -0.1) is 0 Å². The number of hydrogen-bond acceptors (Lipinski definition) is 4. The van der Waals surface area contributed by atoms with Crippen molar-refractivity contribution in [3.8, 4) is 5.75 Å². The van der Waals surface area contributed by atoms with E-state index in [1.165, 1.54) is 4.57 Å². The summed E-state index contributed by atoms with van der Waals surface area (Å²) in [6, 6.07) is 7.06. The molecule has 1 amide bonds. The number of methoxy groups -OCH3 is 1. The summed E-state index contributed by atoms with van der Waals surface area (Å²) >= 11 is 0. The van der Waals surface area contributed by atoms with Gasteiger partial charge >= 0.3 is 0 Å². The molecule has 1 N–H and O–H groups in total. The van der Waals surface area contributed by atoms with E-state index >= 15 is 0 Å². The Morgan fingerprint density at radius 2 is 1.96 bits per heavy atom. The molecule has 0 fully saturated rings. The van der Waals surface area contributed by atoms with Crippen LogP contribution in [0.4, 0.5) is 5.69 Å². The van der Waals surface area contributed by atoms with E-state index in [1.54, 1.807) is 48.3 Å². The molecule has 7 heteroatoms. The van der Waals surface area contributed by atoms with Gasteiger partial charge in [0.1, 0.15) is 17.8 Å². The summed E-state index contributed by atoms with van der Waals surface area (Å²) in [6.07, 6.45) is 7.32. The molecule has 0 spiro atoms. The van der Waals surface area contributed by atoms with Gasteiger partial charge in [-0.05, 0) is 49.9 Å². The quantitative estimate of drug-likeness (QED) is 0.779. The number of carbonyl (C=O) groups is 1. The van der Waals surface area contributed by atoms with Crippen LogP contribution in [0.1, 0.15) is 24.1 Å². The zero-order valence-corrected chi connectivity index (χ0v) is 14.6. The summed E-state index contributed by atoms with van der Waals surface area (Å²) in [4.78, 5) is 25.2. The Balaban J connectivity index is 1.57. The van der Waals surface area contributed by atoms with E-state index < -0.39 is 0 Å². The van der Waals surface area contributed by atoms with Gasteiger partial charge in [-0.1, -0.05) is 0 Å². The lowest BCUT2D eigenvalue weighted by atomic mass is 9.97. The van der Waals surface area contributed by atoms with Gasteiger partial charge in [-0.3, -0.25) is 9.59 Å². The van der Waals surface area contributed by atoms with Crippen LogP contribution in [0.5, 0.6) is 5.75 Å². The van der Waals surface area contributed by atoms with Crippen molar-refractivity contribution in [3.05, 3.63) is 58.3 Å². The molecule has 1 aliphatic carbocycles. The monoisotopic (exact) mass is 352 g/mol. The lowest BCUT2D eigenvalue weighted by Gasteiger charge is -2.10. The van der Waals surface area contributed by atoms with Gasteiger partial charge in [0.25, 0.3) is 5.56 Å². The van der Waals surface area contributed by atoms with Crippen molar-refractivity contribution < 1.29 is 9.53 Å². The van der Waals surface area contributed by atoms with Crippen molar-refractivity contribution in [2.45, 2.75) is 32.2 Å². The van der Waals surface area contributed by atoms with Crippen LogP contribution in [0.2, 0.25) is 0 Å². The second-order valence-corrected chi connectivity index (χ2v) is 6.43. The lowest BCUT2D eigenvalue weighted by molar-refractivity contribution is -0.116. The molecule has 0 saturated heterocycles. The van der Waals surface area contributed by atoms with Crippen LogP contribution in [0, 0.1) is 0 Å². The first-order valence-electron chi connectivity index (χ1n) is 8.69. The Morgan fingerprint density at radius 1 is 1.19 bits per heavy atom. The summed E-state index contributed by atoms with van der Waals surface area (Å²) in [5, 5.41) is 7.31. The zero-order chi connectivity index (χ0) is 18.1. The molecule has 4 rings (SSSR count). The van der Waals surface area contributed by atoms with Gasteiger partial charge in [0.2, 0.25) is 5.91 Å². The van der Waals surface area contributed by atoms with E-state index in [1.807, 2.05) is 0 Å². The standard InChI is InChI=1S/C19H20N4O3/c1-26-14-8-6-13(7-9-14)20-17(24)12-22-10-11-23-18(19(22)25)15-4-2-3-5-16(15)21-23/h6-11H,2-5,12H2,1H3,(H,20,24). The number of benzene rings is 1. The number of carbonyl (C=O) groups excluding carboxylic acids is 1. The van der Waals surface area contributed by atoms with Gasteiger partial charge < -0.3 is 14.6 Å². The van der Waals surface area contributed by atoms with Crippen molar-refractivity contribution in [2.24, 2.45) is 0 Å². The highest BCUT2D eigenvalue weighted by atomic mass is 16.5. The summed E-state index contributed by atoms with van der Waals surface area (Å²) in [5.74, 6) is 0.463. The Hall–Kier alpha value is -3.09. The van der Waals surface area contributed by atoms with E-state index in [-0.39, 0.29) is 18.0 Å². The van der Waals surface area contributed by atoms with Crippen LogP contribution in [0.3, 0.4) is 0 Å². The predicted octanol–water partition coefficient (Wildman–Crippen LogP) is 2.02. The first-order valence-corrected chi connectivity index (χ1v) is 8.69. The number of amides is 1. The predicted molar refractivity (Wildman–Crippen MR) is 97.7 cm³/mol. The number of aryl methyl sites for hydroxylation is 2. The molecule has 7 nitrogen and oxygen atoms in total. The highest BCUT2D eigenvalue weighted by molar-refractivity contribution is 5.90. The Kier molecular flexibility index (Phi) is 4.20. The average molecular weight is 352 g/mol. The van der Waals surface area contributed by atoms with Crippen LogP contribution in [0.15, 0.2) is 41.5 Å². The lowest BCUT2D eigenvalue weighted by Crippen LogP contribution is -2.28. The van der Waals surface area contributed by atoms with Crippen molar-refractivity contribution in [1.82, 2.24) is 14.2 Å². The number of hydrogen-bond donors (Lipinski definition) is 1. The van der Waals surface area contributed by atoms with Crippen molar-refractivity contribution >= 4 is 17.1 Å². The van der Waals surface area contributed by atoms with Gasteiger partial charge in [0, 0.05) is 23.6 Å². The highest BCUT2D eigenvalue weighted by Crippen LogP contribution is 2.22. The fraction of sp³-hybridized carbons (Fsp3) is 0.316. The fourth-order valence-electron chi connectivity index (χ4n) is 3.41. The minimum absolute atomic E-state index is 0.0404. The van der Waals surface area contributed by atoms with E-state index in [0.29, 0.717) is 11.2 Å². The minimum atomic E-state index is -0.255. The molecule has 0 aliphatic heterocycles. The summed E-state index contributed by atoms with van der Waals surface area (Å²) < 4.78 is 8.18. The van der Waals surface area contributed by atoms with E-state index in [2.05, 4.69) is 10.4 Å². The molecular weight excluding hydrogens is 332 g/mol. The maximum absolute atomic E-state index is 12.8. The van der Waals surface area contributed by atoms with Crippen LogP contribution in [-0.4, -0.2) is 27.2 Å². The molecule has 1 aliphatic rings. The number of aromatic nitrogens is 3. The van der Waals surface area contributed by atoms with Crippen molar-refractivity contribution in [3.63, 3.8) is 0 Å². The smallest absolute Gasteiger partial charge is 0.277 e. The van der Waals surface area contributed by atoms with Crippen molar-refractivity contribution in [1.29, 1.82) is 0 Å². The second-order valence-electron chi connectivity index (χ2n) is 6.43. The van der Waals surface area contributed by atoms with Crippen LogP contribution >= 0.6 is 0 Å². The SMILES string of the molecule is COc1ccc(NC(=O)Cn2ccn3nc4c(c3c2=O)CCCC4)cc1. The maximum atomic E-state index is 12.8. The molecule has 0 bridgehead atoms. The zero-order valence-electron chi connectivity index (χ0n) is 14.6. The third-order valence-electron chi connectivity index (χ3n) is 4.72. The summed E-state index contributed by atoms with van der Waals surface area (Å²) in [5.41, 5.74) is 3.12. The second kappa shape index (κ2) is 6.67. The largest absolute Gasteiger partial charge is 0.497 e. The summed E-state index contributed by atoms with van der Waals surface area (Å²) in [6.45, 7) is -0.0404. The normalized spacial score (nSPS) is 13.4. The van der Waals surface area contributed by atoms with Gasteiger partial charge in [-0.25, -0.2) is 4.52 Å². The fourth-order valence-corrected chi connectivity index (χ4v) is 3.41. The van der Waals surface area contributed by atoms with Gasteiger partial charge in [-0.2, -0.15) is 5.10 Å². The molecule has 2 aromatic heterocycles. The third-order valence-corrected chi connectivity index (χ3v) is 4.72. The first-order chi connectivity index (χ1) is 12.7. The number of anilines is 1. The highest BCUT2D eigenvalue weighted by Gasteiger charge is 2.20. The molecule has 134 valence electrons. The molecule has 26 heavy (non-hydrogen) atoms. The Morgan fingerprint density at radius 3 is 2.73 bits per heavy atom. The molecule has 2 heterocycles. The van der Waals surface area contributed by atoms with Gasteiger partial charge in [0.05, 0.1) is 12.8 Å².